The summed E-state index contributed by atoms with van der Waals surface area (Å²) in [4.78, 5) is 0. The van der Waals surface area contributed by atoms with Crippen LogP contribution in [0.1, 0.15) is 17.2 Å². The average Bonchev–Trinajstić information content (AvgIpc) is 2.48. The molecule has 2 rings (SSSR count). The molecule has 2 aromatic carbocycles. The van der Waals surface area contributed by atoms with E-state index in [9.17, 15) is 0 Å². The first-order valence-corrected chi connectivity index (χ1v) is 7.63. The van der Waals surface area contributed by atoms with E-state index in [1.807, 2.05) is 37.4 Å². The first-order valence-electron chi connectivity index (χ1n) is 6.49. The van der Waals surface area contributed by atoms with E-state index in [2.05, 4.69) is 5.32 Å². The fourth-order valence-corrected chi connectivity index (χ4v) is 2.74. The van der Waals surface area contributed by atoms with Gasteiger partial charge in [0.05, 0.1) is 17.2 Å². The molecule has 2 nitrogen and oxygen atoms in total. The molecule has 112 valence electrons. The topological polar surface area (TPSA) is 21.3 Å². The predicted octanol–water partition coefficient (Wildman–Crippen LogP) is 5.16. The van der Waals surface area contributed by atoms with Crippen LogP contribution in [0.2, 0.25) is 15.1 Å². The van der Waals surface area contributed by atoms with E-state index in [1.165, 1.54) is 0 Å². The van der Waals surface area contributed by atoms with Crippen LogP contribution in [0.3, 0.4) is 0 Å². The summed E-state index contributed by atoms with van der Waals surface area (Å²) in [5, 5.41) is 5.07. The van der Waals surface area contributed by atoms with Crippen molar-refractivity contribution < 1.29 is 4.74 Å². The van der Waals surface area contributed by atoms with Gasteiger partial charge in [0.15, 0.2) is 0 Å². The van der Waals surface area contributed by atoms with Crippen LogP contribution in [0.4, 0.5) is 0 Å². The molecule has 0 fully saturated rings. The van der Waals surface area contributed by atoms with Crippen molar-refractivity contribution >= 4 is 34.8 Å². The zero-order valence-corrected chi connectivity index (χ0v) is 14.1. The van der Waals surface area contributed by atoms with Gasteiger partial charge in [-0.25, -0.2) is 0 Å². The Balaban J connectivity index is 2.30. The highest BCUT2D eigenvalue weighted by atomic mass is 35.5. The first kappa shape index (κ1) is 16.4. The Bertz CT molecular complexity index is 631. The average molecular weight is 345 g/mol. The largest absolute Gasteiger partial charge is 0.496 e. The zero-order chi connectivity index (χ0) is 15.4. The minimum Gasteiger partial charge on any atom is -0.496 e. The molecule has 5 heteroatoms. The quantitative estimate of drug-likeness (QED) is 0.809. The molecule has 0 bridgehead atoms. The third kappa shape index (κ3) is 4.04. The molecule has 0 saturated heterocycles. The van der Waals surface area contributed by atoms with Crippen molar-refractivity contribution in [2.24, 2.45) is 0 Å². The number of ether oxygens (including phenoxy) is 1. The van der Waals surface area contributed by atoms with Crippen molar-refractivity contribution in [2.45, 2.75) is 12.5 Å². The van der Waals surface area contributed by atoms with E-state index in [0.717, 1.165) is 23.3 Å². The maximum absolute atomic E-state index is 6.10. The lowest BCUT2D eigenvalue weighted by atomic mass is 9.98. The summed E-state index contributed by atoms with van der Waals surface area (Å²) >= 11 is 18.1. The molecule has 0 saturated carbocycles. The molecule has 21 heavy (non-hydrogen) atoms. The molecule has 0 amide bonds. The smallest absolute Gasteiger partial charge is 0.122 e. The van der Waals surface area contributed by atoms with Gasteiger partial charge >= 0.3 is 0 Å². The molecule has 0 heterocycles. The van der Waals surface area contributed by atoms with Crippen molar-refractivity contribution in [2.75, 3.05) is 14.2 Å². The summed E-state index contributed by atoms with van der Waals surface area (Å²) in [6.45, 7) is 0. The van der Waals surface area contributed by atoms with Crippen LogP contribution in [-0.2, 0) is 6.42 Å². The summed E-state index contributed by atoms with van der Waals surface area (Å²) in [7, 11) is 3.56. The summed E-state index contributed by atoms with van der Waals surface area (Å²) in [5.74, 6) is 0.819. The van der Waals surface area contributed by atoms with Gasteiger partial charge in [-0.1, -0.05) is 40.9 Å². The first-order chi connectivity index (χ1) is 10.0. The third-order valence-corrected chi connectivity index (χ3v) is 4.34. The monoisotopic (exact) mass is 343 g/mol. The fourth-order valence-electron chi connectivity index (χ4n) is 2.24. The lowest BCUT2D eigenvalue weighted by Gasteiger charge is -2.19. The van der Waals surface area contributed by atoms with E-state index in [1.54, 1.807) is 13.2 Å². The van der Waals surface area contributed by atoms with Crippen molar-refractivity contribution in [1.82, 2.24) is 5.32 Å². The highest BCUT2D eigenvalue weighted by Crippen LogP contribution is 2.30. The number of likely N-dealkylation sites (N-methyl/N-ethyl adjacent to an activating group) is 1. The lowest BCUT2D eigenvalue weighted by molar-refractivity contribution is 0.406. The molecule has 1 unspecified atom stereocenters. The molecule has 1 atom stereocenters. The maximum Gasteiger partial charge on any atom is 0.122 e. The van der Waals surface area contributed by atoms with Crippen LogP contribution in [-0.4, -0.2) is 14.2 Å². The molecule has 0 spiro atoms. The summed E-state index contributed by atoms with van der Waals surface area (Å²) in [6.07, 6.45) is 0.734. The van der Waals surface area contributed by atoms with Crippen LogP contribution in [0, 0.1) is 0 Å². The van der Waals surface area contributed by atoms with E-state index in [0.29, 0.717) is 15.1 Å². The summed E-state index contributed by atoms with van der Waals surface area (Å²) < 4.78 is 5.39. The van der Waals surface area contributed by atoms with Gasteiger partial charge in [0.25, 0.3) is 0 Å². The Morgan fingerprint density at radius 3 is 2.43 bits per heavy atom. The highest BCUT2D eigenvalue weighted by Gasteiger charge is 2.14. The number of benzene rings is 2. The van der Waals surface area contributed by atoms with Gasteiger partial charge in [-0.2, -0.15) is 0 Å². The van der Waals surface area contributed by atoms with Crippen molar-refractivity contribution in [3.63, 3.8) is 0 Å². The maximum atomic E-state index is 6.10. The molecule has 0 aliphatic carbocycles. The molecule has 0 aliphatic rings. The van der Waals surface area contributed by atoms with Gasteiger partial charge in [-0.05, 0) is 54.9 Å². The summed E-state index contributed by atoms with van der Waals surface area (Å²) in [6, 6.07) is 11.3. The standard InChI is InChI=1S/C16H16Cl3NO/c1-20-15(10-3-5-13(18)14(19)8-10)9-11-7-12(17)4-6-16(11)21-2/h3-8,15,20H,9H2,1-2H3. The molecule has 2 aromatic rings. The van der Waals surface area contributed by atoms with Crippen molar-refractivity contribution in [3.05, 3.63) is 62.6 Å². The van der Waals surface area contributed by atoms with Crippen LogP contribution < -0.4 is 10.1 Å². The molecule has 0 radical (unpaired) electrons. The van der Waals surface area contributed by atoms with E-state index < -0.39 is 0 Å². The Morgan fingerprint density at radius 1 is 1.05 bits per heavy atom. The van der Waals surface area contributed by atoms with Crippen LogP contribution in [0.5, 0.6) is 5.75 Å². The SMILES string of the molecule is CNC(Cc1cc(Cl)ccc1OC)c1ccc(Cl)c(Cl)c1. The van der Waals surface area contributed by atoms with Gasteiger partial charge in [0.2, 0.25) is 0 Å². The zero-order valence-electron chi connectivity index (χ0n) is 11.8. The minimum absolute atomic E-state index is 0.0899. The van der Waals surface area contributed by atoms with Gasteiger partial charge in [-0.15, -0.1) is 0 Å². The second-order valence-electron chi connectivity index (χ2n) is 4.68. The molecule has 0 aliphatic heterocycles. The van der Waals surface area contributed by atoms with Gasteiger partial charge in [0, 0.05) is 11.1 Å². The predicted molar refractivity (Wildman–Crippen MR) is 90.0 cm³/mol. The number of nitrogens with one attached hydrogen (secondary N) is 1. The third-order valence-electron chi connectivity index (χ3n) is 3.36. The normalized spacial score (nSPS) is 12.2. The lowest BCUT2D eigenvalue weighted by Crippen LogP contribution is -2.19. The molecule has 0 aromatic heterocycles. The fraction of sp³-hybridized carbons (Fsp3) is 0.250. The minimum atomic E-state index is 0.0899. The Kier molecular flexibility index (Phi) is 5.77. The van der Waals surface area contributed by atoms with E-state index in [4.69, 9.17) is 39.5 Å². The second kappa shape index (κ2) is 7.37. The van der Waals surface area contributed by atoms with E-state index >= 15 is 0 Å². The summed E-state index contributed by atoms with van der Waals surface area (Å²) in [5.41, 5.74) is 2.10. The second-order valence-corrected chi connectivity index (χ2v) is 5.93. The van der Waals surface area contributed by atoms with E-state index in [-0.39, 0.29) is 6.04 Å². The van der Waals surface area contributed by atoms with Crippen LogP contribution in [0.25, 0.3) is 0 Å². The highest BCUT2D eigenvalue weighted by molar-refractivity contribution is 6.42. The number of halogens is 3. The van der Waals surface area contributed by atoms with Gasteiger partial charge in [-0.3, -0.25) is 0 Å². The van der Waals surface area contributed by atoms with Gasteiger partial charge < -0.3 is 10.1 Å². The number of hydrogen-bond donors (Lipinski definition) is 1. The Morgan fingerprint density at radius 2 is 1.81 bits per heavy atom. The molecule has 1 N–H and O–H groups in total. The van der Waals surface area contributed by atoms with Crippen LogP contribution >= 0.6 is 34.8 Å². The Labute approximate surface area is 140 Å². The Hall–Kier alpha value is -0.930. The number of hydrogen-bond acceptors (Lipinski definition) is 2. The number of rotatable bonds is 5. The number of methoxy groups -OCH3 is 1. The molecular formula is C16H16Cl3NO. The van der Waals surface area contributed by atoms with Gasteiger partial charge in [0.1, 0.15) is 5.75 Å². The molecular weight excluding hydrogens is 329 g/mol. The van der Waals surface area contributed by atoms with Crippen molar-refractivity contribution in [1.29, 1.82) is 0 Å². The van der Waals surface area contributed by atoms with Crippen molar-refractivity contribution in [3.8, 4) is 5.75 Å². The van der Waals surface area contributed by atoms with Crippen LogP contribution in [0.15, 0.2) is 36.4 Å².